The standard InChI is InChI=1S/C16H17N3OS/c1-2-13(15-4-3-9-21-15)17-12-7-5-11(6-8-12)14-10-16(20)19-18-14/h3-10,13,17H,2H2,1H3,(H2,18,19,20). The number of anilines is 1. The summed E-state index contributed by atoms with van der Waals surface area (Å²) in [6, 6.07) is 14.2. The molecule has 0 radical (unpaired) electrons. The molecule has 2 heterocycles. The number of H-pyrrole nitrogens is 2. The summed E-state index contributed by atoms with van der Waals surface area (Å²) >= 11 is 1.77. The number of aromatic nitrogens is 2. The van der Waals surface area contributed by atoms with Crippen molar-refractivity contribution in [3.63, 3.8) is 0 Å². The predicted molar refractivity (Wildman–Crippen MR) is 87.8 cm³/mol. The molecule has 0 aliphatic carbocycles. The summed E-state index contributed by atoms with van der Waals surface area (Å²) in [6.07, 6.45) is 1.04. The van der Waals surface area contributed by atoms with Crippen LogP contribution in [0.15, 0.2) is 52.6 Å². The Balaban J connectivity index is 1.76. The highest BCUT2D eigenvalue weighted by Crippen LogP contribution is 2.27. The number of hydrogen-bond acceptors (Lipinski definition) is 3. The number of rotatable bonds is 5. The Kier molecular flexibility index (Phi) is 3.92. The molecule has 108 valence electrons. The Hall–Kier alpha value is -2.27. The number of aromatic amines is 2. The van der Waals surface area contributed by atoms with Crippen molar-refractivity contribution in [3.8, 4) is 11.3 Å². The molecule has 0 bridgehead atoms. The van der Waals surface area contributed by atoms with E-state index in [1.165, 1.54) is 4.88 Å². The van der Waals surface area contributed by atoms with Gasteiger partial charge in [-0.2, -0.15) is 0 Å². The van der Waals surface area contributed by atoms with E-state index in [4.69, 9.17) is 0 Å². The van der Waals surface area contributed by atoms with E-state index < -0.39 is 0 Å². The molecule has 3 N–H and O–H groups in total. The molecule has 0 aliphatic rings. The second-order valence-corrected chi connectivity index (χ2v) is 5.85. The van der Waals surface area contributed by atoms with Gasteiger partial charge < -0.3 is 5.32 Å². The molecule has 3 rings (SSSR count). The van der Waals surface area contributed by atoms with Crippen LogP contribution >= 0.6 is 11.3 Å². The Bertz CT molecular complexity index is 740. The highest BCUT2D eigenvalue weighted by Gasteiger charge is 2.10. The summed E-state index contributed by atoms with van der Waals surface area (Å²) in [5.41, 5.74) is 2.76. The number of nitrogens with one attached hydrogen (secondary N) is 3. The number of thiophene rings is 1. The fraction of sp³-hybridized carbons (Fsp3) is 0.188. The Morgan fingerprint density at radius 2 is 2.00 bits per heavy atom. The zero-order chi connectivity index (χ0) is 14.7. The zero-order valence-electron chi connectivity index (χ0n) is 11.7. The molecule has 1 aromatic carbocycles. The van der Waals surface area contributed by atoms with Crippen LogP contribution in [0, 0.1) is 0 Å². The number of benzene rings is 1. The topological polar surface area (TPSA) is 60.7 Å². The SMILES string of the molecule is CCC(Nc1ccc(-c2cc(=O)[nH][nH]2)cc1)c1cccs1. The summed E-state index contributed by atoms with van der Waals surface area (Å²) in [5.74, 6) is 0. The van der Waals surface area contributed by atoms with Crippen LogP contribution in [-0.2, 0) is 0 Å². The van der Waals surface area contributed by atoms with Crippen molar-refractivity contribution in [2.45, 2.75) is 19.4 Å². The van der Waals surface area contributed by atoms with Gasteiger partial charge in [-0.1, -0.05) is 25.1 Å². The number of hydrogen-bond donors (Lipinski definition) is 3. The largest absolute Gasteiger partial charge is 0.377 e. The highest BCUT2D eigenvalue weighted by molar-refractivity contribution is 7.10. The van der Waals surface area contributed by atoms with E-state index in [2.05, 4.69) is 40.0 Å². The van der Waals surface area contributed by atoms with Gasteiger partial charge in [0, 0.05) is 16.6 Å². The van der Waals surface area contributed by atoms with Crippen LogP contribution < -0.4 is 10.9 Å². The Morgan fingerprint density at radius 3 is 2.57 bits per heavy atom. The highest BCUT2D eigenvalue weighted by atomic mass is 32.1. The minimum Gasteiger partial charge on any atom is -0.377 e. The van der Waals surface area contributed by atoms with Crippen molar-refractivity contribution < 1.29 is 0 Å². The molecule has 2 aromatic heterocycles. The second-order valence-electron chi connectivity index (χ2n) is 4.87. The normalized spacial score (nSPS) is 12.2. The van der Waals surface area contributed by atoms with Crippen LogP contribution in [0.1, 0.15) is 24.3 Å². The summed E-state index contributed by atoms with van der Waals surface area (Å²) in [4.78, 5) is 12.5. The van der Waals surface area contributed by atoms with E-state index in [-0.39, 0.29) is 5.56 Å². The molecule has 1 atom stereocenters. The van der Waals surface area contributed by atoms with Crippen LogP contribution in [0.2, 0.25) is 0 Å². The molecule has 0 spiro atoms. The predicted octanol–water partition coefficient (Wildman–Crippen LogP) is 3.99. The quantitative estimate of drug-likeness (QED) is 0.667. The van der Waals surface area contributed by atoms with Gasteiger partial charge in [-0.3, -0.25) is 15.0 Å². The van der Waals surface area contributed by atoms with E-state index in [0.29, 0.717) is 6.04 Å². The van der Waals surface area contributed by atoms with Crippen LogP contribution in [0.3, 0.4) is 0 Å². The molecule has 0 saturated heterocycles. The first-order valence-corrected chi connectivity index (χ1v) is 7.82. The maximum Gasteiger partial charge on any atom is 0.264 e. The lowest BCUT2D eigenvalue weighted by Gasteiger charge is -2.17. The van der Waals surface area contributed by atoms with Crippen molar-refractivity contribution in [1.29, 1.82) is 0 Å². The lowest BCUT2D eigenvalue weighted by molar-refractivity contribution is 0.764. The summed E-state index contributed by atoms with van der Waals surface area (Å²) in [6.45, 7) is 2.18. The smallest absolute Gasteiger partial charge is 0.264 e. The molecule has 5 heteroatoms. The molecular formula is C16H17N3OS. The molecule has 0 amide bonds. The summed E-state index contributed by atoms with van der Waals surface area (Å²) in [7, 11) is 0. The maximum absolute atomic E-state index is 11.1. The average Bonchev–Trinajstić information content (AvgIpc) is 3.17. The fourth-order valence-electron chi connectivity index (χ4n) is 2.30. The average molecular weight is 299 g/mol. The van der Waals surface area contributed by atoms with E-state index in [9.17, 15) is 4.79 Å². The van der Waals surface area contributed by atoms with E-state index >= 15 is 0 Å². The van der Waals surface area contributed by atoms with E-state index in [1.54, 1.807) is 17.4 Å². The van der Waals surface area contributed by atoms with Gasteiger partial charge in [0.1, 0.15) is 0 Å². The van der Waals surface area contributed by atoms with Gasteiger partial charge in [-0.15, -0.1) is 11.3 Å². The molecule has 0 aliphatic heterocycles. The molecule has 0 saturated carbocycles. The van der Waals surface area contributed by atoms with Crippen molar-refractivity contribution in [2.75, 3.05) is 5.32 Å². The minimum atomic E-state index is -0.115. The van der Waals surface area contributed by atoms with Gasteiger partial charge in [-0.25, -0.2) is 0 Å². The third-order valence-electron chi connectivity index (χ3n) is 3.43. The van der Waals surface area contributed by atoms with E-state index in [1.807, 2.05) is 24.3 Å². The zero-order valence-corrected chi connectivity index (χ0v) is 12.5. The molecular weight excluding hydrogens is 282 g/mol. The lowest BCUT2D eigenvalue weighted by Crippen LogP contribution is -2.07. The van der Waals surface area contributed by atoms with Gasteiger partial charge in [0.05, 0.1) is 11.7 Å². The van der Waals surface area contributed by atoms with Gasteiger partial charge in [0.15, 0.2) is 0 Å². The van der Waals surface area contributed by atoms with Crippen LogP contribution in [0.4, 0.5) is 5.69 Å². The van der Waals surface area contributed by atoms with Crippen LogP contribution in [-0.4, -0.2) is 10.2 Å². The minimum absolute atomic E-state index is 0.115. The Morgan fingerprint density at radius 1 is 1.19 bits per heavy atom. The third kappa shape index (κ3) is 3.08. The second kappa shape index (κ2) is 6.01. The van der Waals surface area contributed by atoms with Crippen LogP contribution in [0.5, 0.6) is 0 Å². The van der Waals surface area contributed by atoms with Gasteiger partial charge in [0.25, 0.3) is 5.56 Å². The van der Waals surface area contributed by atoms with Gasteiger partial charge in [0.2, 0.25) is 0 Å². The first kappa shape index (κ1) is 13.7. The first-order valence-electron chi connectivity index (χ1n) is 6.94. The monoisotopic (exact) mass is 299 g/mol. The van der Waals surface area contributed by atoms with Crippen LogP contribution in [0.25, 0.3) is 11.3 Å². The molecule has 3 aromatic rings. The van der Waals surface area contributed by atoms with E-state index in [0.717, 1.165) is 23.4 Å². The molecule has 4 nitrogen and oxygen atoms in total. The van der Waals surface area contributed by atoms with Gasteiger partial charge in [-0.05, 0) is 35.6 Å². The third-order valence-corrected chi connectivity index (χ3v) is 4.41. The van der Waals surface area contributed by atoms with Crippen molar-refractivity contribution >= 4 is 17.0 Å². The molecule has 1 unspecified atom stereocenters. The maximum atomic E-state index is 11.1. The van der Waals surface area contributed by atoms with Crippen molar-refractivity contribution in [1.82, 2.24) is 10.2 Å². The van der Waals surface area contributed by atoms with Gasteiger partial charge >= 0.3 is 0 Å². The Labute approximate surface area is 126 Å². The lowest BCUT2D eigenvalue weighted by atomic mass is 10.1. The first-order chi connectivity index (χ1) is 10.3. The summed E-state index contributed by atoms with van der Waals surface area (Å²) in [5, 5.41) is 11.1. The molecule has 0 fully saturated rings. The van der Waals surface area contributed by atoms with Crippen molar-refractivity contribution in [2.24, 2.45) is 0 Å². The fourth-order valence-corrected chi connectivity index (χ4v) is 3.16. The molecule has 21 heavy (non-hydrogen) atoms. The summed E-state index contributed by atoms with van der Waals surface area (Å²) < 4.78 is 0. The van der Waals surface area contributed by atoms with Crippen molar-refractivity contribution in [3.05, 3.63) is 63.1 Å².